The van der Waals surface area contributed by atoms with Gasteiger partial charge in [0.25, 0.3) is 0 Å². The van der Waals surface area contributed by atoms with Crippen LogP contribution in [0.4, 0.5) is 0 Å². The van der Waals surface area contributed by atoms with E-state index in [1.807, 2.05) is 26.0 Å². The summed E-state index contributed by atoms with van der Waals surface area (Å²) < 4.78 is 5.73. The minimum atomic E-state index is 0.0286. The first-order valence-electron chi connectivity index (χ1n) is 6.20. The van der Waals surface area contributed by atoms with Crippen LogP contribution in [0.5, 0.6) is 5.75 Å². The van der Waals surface area contributed by atoms with E-state index < -0.39 is 0 Å². The lowest BCUT2D eigenvalue weighted by Crippen LogP contribution is -2.18. The van der Waals surface area contributed by atoms with E-state index in [1.54, 1.807) is 7.05 Å². The number of carbonyl (C=O) groups is 1. The standard InChI is InChI=1S/C14H20N2O2S/c1-9-7-11(14(15)19)8-10(2)13(9)18-6-4-5-12(17)16-3/h7-8H,4-6H2,1-3H3,(H2,15,19)(H,16,17). The Morgan fingerprint density at radius 2 is 1.95 bits per heavy atom. The Morgan fingerprint density at radius 1 is 1.37 bits per heavy atom. The first-order valence-corrected chi connectivity index (χ1v) is 6.61. The van der Waals surface area contributed by atoms with Crippen LogP contribution in [0, 0.1) is 13.8 Å². The van der Waals surface area contributed by atoms with Crippen molar-refractivity contribution in [2.75, 3.05) is 13.7 Å². The molecule has 19 heavy (non-hydrogen) atoms. The van der Waals surface area contributed by atoms with Crippen molar-refractivity contribution in [3.8, 4) is 5.75 Å². The van der Waals surface area contributed by atoms with Crippen molar-refractivity contribution in [1.29, 1.82) is 0 Å². The summed E-state index contributed by atoms with van der Waals surface area (Å²) in [5.41, 5.74) is 8.47. The fourth-order valence-electron chi connectivity index (χ4n) is 1.85. The molecule has 3 N–H and O–H groups in total. The molecular formula is C14H20N2O2S. The molecule has 0 fully saturated rings. The Hall–Kier alpha value is -1.62. The van der Waals surface area contributed by atoms with Gasteiger partial charge >= 0.3 is 0 Å². The van der Waals surface area contributed by atoms with Gasteiger partial charge in [-0.15, -0.1) is 0 Å². The van der Waals surface area contributed by atoms with Gasteiger partial charge in [0.1, 0.15) is 10.7 Å². The highest BCUT2D eigenvalue weighted by molar-refractivity contribution is 7.80. The summed E-state index contributed by atoms with van der Waals surface area (Å²) in [7, 11) is 1.63. The summed E-state index contributed by atoms with van der Waals surface area (Å²) in [6, 6.07) is 3.84. The van der Waals surface area contributed by atoms with Crippen molar-refractivity contribution < 1.29 is 9.53 Å². The third kappa shape index (κ3) is 4.52. The maximum Gasteiger partial charge on any atom is 0.219 e. The Kier molecular flexibility index (Phi) is 5.76. The molecule has 0 heterocycles. The molecule has 0 aromatic heterocycles. The fraction of sp³-hybridized carbons (Fsp3) is 0.429. The number of benzene rings is 1. The summed E-state index contributed by atoms with van der Waals surface area (Å²) in [6.45, 7) is 4.44. The molecule has 0 atom stereocenters. The molecular weight excluding hydrogens is 260 g/mol. The van der Waals surface area contributed by atoms with E-state index in [9.17, 15) is 4.79 Å². The van der Waals surface area contributed by atoms with Crippen LogP contribution in [0.2, 0.25) is 0 Å². The zero-order valence-electron chi connectivity index (χ0n) is 11.6. The van der Waals surface area contributed by atoms with Crippen LogP contribution in [0.15, 0.2) is 12.1 Å². The van der Waals surface area contributed by atoms with Gasteiger partial charge in [0.15, 0.2) is 0 Å². The van der Waals surface area contributed by atoms with Crippen molar-refractivity contribution in [1.82, 2.24) is 5.32 Å². The average Bonchev–Trinajstić information content (AvgIpc) is 2.36. The molecule has 0 radical (unpaired) electrons. The molecule has 104 valence electrons. The number of rotatable bonds is 6. The summed E-state index contributed by atoms with van der Waals surface area (Å²) in [6.07, 6.45) is 1.16. The van der Waals surface area contributed by atoms with Crippen molar-refractivity contribution in [3.05, 3.63) is 28.8 Å². The van der Waals surface area contributed by atoms with E-state index in [0.29, 0.717) is 24.4 Å². The zero-order chi connectivity index (χ0) is 14.4. The molecule has 5 heteroatoms. The molecule has 0 aliphatic carbocycles. The largest absolute Gasteiger partial charge is 0.493 e. The molecule has 0 saturated carbocycles. The van der Waals surface area contributed by atoms with Gasteiger partial charge in [0.05, 0.1) is 6.61 Å². The monoisotopic (exact) mass is 280 g/mol. The normalized spacial score (nSPS) is 10.1. The number of nitrogens with two attached hydrogens (primary N) is 1. The maximum atomic E-state index is 11.1. The number of hydrogen-bond donors (Lipinski definition) is 2. The molecule has 0 bridgehead atoms. The number of aryl methyl sites for hydroxylation is 2. The van der Waals surface area contributed by atoms with E-state index >= 15 is 0 Å². The van der Waals surface area contributed by atoms with Gasteiger partial charge in [-0.2, -0.15) is 0 Å². The number of amides is 1. The molecule has 1 rings (SSSR count). The first kappa shape index (κ1) is 15.4. The van der Waals surface area contributed by atoms with Crippen molar-refractivity contribution in [3.63, 3.8) is 0 Å². The van der Waals surface area contributed by atoms with E-state index in [0.717, 1.165) is 22.4 Å². The Balaban J connectivity index is 2.64. The highest BCUT2D eigenvalue weighted by Gasteiger charge is 2.08. The minimum absolute atomic E-state index is 0.0286. The van der Waals surface area contributed by atoms with Crippen LogP contribution in [0.3, 0.4) is 0 Å². The van der Waals surface area contributed by atoms with Gasteiger partial charge in [-0.3, -0.25) is 4.79 Å². The third-order valence-electron chi connectivity index (χ3n) is 2.82. The highest BCUT2D eigenvalue weighted by atomic mass is 32.1. The highest BCUT2D eigenvalue weighted by Crippen LogP contribution is 2.25. The van der Waals surface area contributed by atoms with E-state index in [-0.39, 0.29) is 5.91 Å². The Labute approximate surface area is 119 Å². The maximum absolute atomic E-state index is 11.1. The molecule has 0 spiro atoms. The smallest absolute Gasteiger partial charge is 0.219 e. The molecule has 1 aromatic carbocycles. The average molecular weight is 280 g/mol. The van der Waals surface area contributed by atoms with Gasteiger partial charge in [0, 0.05) is 19.0 Å². The number of thiocarbonyl (C=S) groups is 1. The molecule has 0 saturated heterocycles. The summed E-state index contributed by atoms with van der Waals surface area (Å²) in [5, 5.41) is 2.58. The molecule has 4 nitrogen and oxygen atoms in total. The summed E-state index contributed by atoms with van der Waals surface area (Å²) in [4.78, 5) is 11.5. The van der Waals surface area contributed by atoms with Crippen LogP contribution in [0.1, 0.15) is 29.5 Å². The van der Waals surface area contributed by atoms with Gasteiger partial charge in [-0.1, -0.05) is 12.2 Å². The minimum Gasteiger partial charge on any atom is -0.493 e. The number of ether oxygens (including phenoxy) is 1. The predicted octanol–water partition coefficient (Wildman–Crippen LogP) is 1.84. The van der Waals surface area contributed by atoms with Crippen LogP contribution in [-0.2, 0) is 4.79 Å². The second-order valence-corrected chi connectivity index (χ2v) is 4.87. The molecule has 0 unspecified atom stereocenters. The Morgan fingerprint density at radius 3 is 2.42 bits per heavy atom. The molecule has 0 aliphatic rings. The lowest BCUT2D eigenvalue weighted by molar-refractivity contribution is -0.120. The SMILES string of the molecule is CNC(=O)CCCOc1c(C)cc(C(N)=S)cc1C. The predicted molar refractivity (Wildman–Crippen MR) is 80.6 cm³/mol. The van der Waals surface area contributed by atoms with Crippen molar-refractivity contribution in [2.45, 2.75) is 26.7 Å². The summed E-state index contributed by atoms with van der Waals surface area (Å²) in [5.74, 6) is 0.873. The number of carbonyl (C=O) groups excluding carboxylic acids is 1. The van der Waals surface area contributed by atoms with E-state index in [1.165, 1.54) is 0 Å². The molecule has 0 aliphatic heterocycles. The van der Waals surface area contributed by atoms with Crippen molar-refractivity contribution >= 4 is 23.1 Å². The number of nitrogens with one attached hydrogen (secondary N) is 1. The molecule has 1 aromatic rings. The molecule has 1 amide bonds. The fourth-order valence-corrected chi connectivity index (χ4v) is 1.97. The second kappa shape index (κ2) is 7.09. The van der Waals surface area contributed by atoms with Gasteiger partial charge in [0.2, 0.25) is 5.91 Å². The van der Waals surface area contributed by atoms with Crippen molar-refractivity contribution in [2.24, 2.45) is 5.73 Å². The zero-order valence-corrected chi connectivity index (χ0v) is 12.4. The first-order chi connectivity index (χ1) is 8.95. The quantitative estimate of drug-likeness (QED) is 0.616. The lowest BCUT2D eigenvalue weighted by atomic mass is 10.1. The van der Waals surface area contributed by atoms with Crippen LogP contribution < -0.4 is 15.8 Å². The van der Waals surface area contributed by atoms with E-state index in [2.05, 4.69) is 5.32 Å². The van der Waals surface area contributed by atoms with Crippen LogP contribution in [-0.4, -0.2) is 24.6 Å². The topological polar surface area (TPSA) is 64.3 Å². The van der Waals surface area contributed by atoms with Crippen LogP contribution >= 0.6 is 12.2 Å². The van der Waals surface area contributed by atoms with Crippen LogP contribution in [0.25, 0.3) is 0 Å². The van der Waals surface area contributed by atoms with Gasteiger partial charge in [-0.25, -0.2) is 0 Å². The summed E-state index contributed by atoms with van der Waals surface area (Å²) >= 11 is 4.97. The Bertz CT molecular complexity index is 463. The van der Waals surface area contributed by atoms with E-state index in [4.69, 9.17) is 22.7 Å². The second-order valence-electron chi connectivity index (χ2n) is 4.43. The van der Waals surface area contributed by atoms with Gasteiger partial charge < -0.3 is 15.8 Å². The van der Waals surface area contributed by atoms with Gasteiger partial charge in [-0.05, 0) is 43.5 Å². The third-order valence-corrected chi connectivity index (χ3v) is 3.05. The number of hydrogen-bond acceptors (Lipinski definition) is 3. The lowest BCUT2D eigenvalue weighted by Gasteiger charge is -2.13.